The van der Waals surface area contributed by atoms with Crippen LogP contribution in [-0.4, -0.2) is 28.3 Å². The van der Waals surface area contributed by atoms with Crippen molar-refractivity contribution in [1.29, 1.82) is 0 Å². The van der Waals surface area contributed by atoms with Gasteiger partial charge in [-0.25, -0.2) is 4.99 Å². The Morgan fingerprint density at radius 3 is 2.38 bits per heavy atom. The molecular weight excluding hydrogens is 364 g/mol. The Kier molecular flexibility index (Phi) is 5.09. The average Bonchev–Trinajstić information content (AvgIpc) is 3.09. The van der Waals surface area contributed by atoms with E-state index < -0.39 is 0 Å². The maximum atomic E-state index is 11.5. The third kappa shape index (κ3) is 3.88. The predicted octanol–water partition coefficient (Wildman–Crippen LogP) is 3.94. The van der Waals surface area contributed by atoms with Gasteiger partial charge in [-0.2, -0.15) is 0 Å². The number of carbonyl (C=O) groups is 1. The Balaban J connectivity index is 1.82. The number of aliphatic imine (C=N–C) groups is 1. The molecule has 1 aromatic heterocycles. The van der Waals surface area contributed by atoms with Crippen LogP contribution in [0.2, 0.25) is 0 Å². The fourth-order valence-corrected chi connectivity index (χ4v) is 3.19. The molecule has 0 fully saturated rings. The largest absolute Gasteiger partial charge is 0.494 e. The number of aromatic amines is 1. The molecule has 6 nitrogen and oxygen atoms in total. The number of amides is 1. The lowest BCUT2D eigenvalue weighted by molar-refractivity contribution is -0.114. The number of anilines is 1. The van der Waals surface area contributed by atoms with Crippen molar-refractivity contribution in [3.63, 3.8) is 0 Å². The van der Waals surface area contributed by atoms with Gasteiger partial charge in [0, 0.05) is 22.2 Å². The molecule has 0 aliphatic heterocycles. The summed E-state index contributed by atoms with van der Waals surface area (Å²) in [5.41, 5.74) is 9.69. The van der Waals surface area contributed by atoms with E-state index >= 15 is 0 Å². The first kappa shape index (κ1) is 18.5. The first-order valence-electron chi connectivity index (χ1n) is 9.20. The number of carbonyl (C=O) groups excluding carboxylic acids is 1. The Morgan fingerprint density at radius 2 is 1.66 bits per heavy atom. The van der Waals surface area contributed by atoms with E-state index in [0.717, 1.165) is 16.5 Å². The highest BCUT2D eigenvalue weighted by atomic mass is 16.3. The van der Waals surface area contributed by atoms with E-state index in [4.69, 9.17) is 10.7 Å². The molecule has 0 aliphatic rings. The minimum absolute atomic E-state index is 0.0700. The standard InChI is InChI=1S/C23H20N4O2/c24-14-20(28)25-16-10-12-17(13-11-16)26-22(15-6-2-1-3-7-15)21-18-8-4-5-9-19(18)27-23(21)29/h1-13,27,29H,14,24H2,(H,25,28). The monoisotopic (exact) mass is 384 g/mol. The van der Waals surface area contributed by atoms with E-state index in [9.17, 15) is 9.90 Å². The van der Waals surface area contributed by atoms with Crippen molar-refractivity contribution in [3.05, 3.63) is 90.0 Å². The molecule has 144 valence electrons. The van der Waals surface area contributed by atoms with Crippen molar-refractivity contribution in [3.8, 4) is 5.88 Å². The maximum absolute atomic E-state index is 11.5. The number of nitrogens with zero attached hydrogens (tertiary/aromatic N) is 1. The molecule has 1 heterocycles. The van der Waals surface area contributed by atoms with E-state index in [0.29, 0.717) is 22.6 Å². The smallest absolute Gasteiger partial charge is 0.238 e. The predicted molar refractivity (Wildman–Crippen MR) is 116 cm³/mol. The van der Waals surface area contributed by atoms with Gasteiger partial charge in [0.25, 0.3) is 0 Å². The van der Waals surface area contributed by atoms with Gasteiger partial charge in [0.2, 0.25) is 5.91 Å². The minimum atomic E-state index is -0.255. The molecule has 0 atom stereocenters. The molecule has 0 unspecified atom stereocenters. The molecule has 0 aliphatic carbocycles. The van der Waals surface area contributed by atoms with E-state index in [1.165, 1.54) is 0 Å². The zero-order chi connectivity index (χ0) is 20.2. The molecule has 0 radical (unpaired) electrons. The van der Waals surface area contributed by atoms with Crippen molar-refractivity contribution >= 4 is 33.9 Å². The van der Waals surface area contributed by atoms with Crippen molar-refractivity contribution in [1.82, 2.24) is 4.98 Å². The number of hydrogen-bond acceptors (Lipinski definition) is 4. The lowest BCUT2D eigenvalue weighted by Gasteiger charge is -2.08. The number of rotatable bonds is 5. The molecule has 1 amide bonds. The number of nitrogens with one attached hydrogen (secondary N) is 2. The van der Waals surface area contributed by atoms with Gasteiger partial charge in [-0.05, 0) is 30.3 Å². The Morgan fingerprint density at radius 1 is 0.966 bits per heavy atom. The van der Waals surface area contributed by atoms with E-state index in [1.54, 1.807) is 24.3 Å². The molecule has 3 aromatic carbocycles. The number of aromatic hydroxyl groups is 1. The van der Waals surface area contributed by atoms with Crippen LogP contribution in [0.1, 0.15) is 11.1 Å². The maximum Gasteiger partial charge on any atom is 0.238 e. The van der Waals surface area contributed by atoms with Crippen LogP contribution in [0.3, 0.4) is 0 Å². The number of benzene rings is 3. The Bertz CT molecular complexity index is 1180. The second kappa shape index (κ2) is 8.00. The third-order valence-corrected chi connectivity index (χ3v) is 4.55. The van der Waals surface area contributed by atoms with Crippen LogP contribution >= 0.6 is 0 Å². The summed E-state index contributed by atoms with van der Waals surface area (Å²) in [5.74, 6) is -0.185. The summed E-state index contributed by atoms with van der Waals surface area (Å²) in [6.45, 7) is -0.0715. The second-order valence-electron chi connectivity index (χ2n) is 6.52. The molecular formula is C23H20N4O2. The first-order valence-corrected chi connectivity index (χ1v) is 9.20. The summed E-state index contributed by atoms with van der Waals surface area (Å²) >= 11 is 0. The number of aromatic nitrogens is 1. The Labute approximate surface area is 167 Å². The second-order valence-corrected chi connectivity index (χ2v) is 6.52. The summed E-state index contributed by atoms with van der Waals surface area (Å²) in [6, 6.07) is 24.6. The molecule has 29 heavy (non-hydrogen) atoms. The number of fused-ring (bicyclic) bond motifs is 1. The van der Waals surface area contributed by atoms with Crippen molar-refractivity contribution in [2.24, 2.45) is 10.7 Å². The lowest BCUT2D eigenvalue weighted by atomic mass is 10.0. The summed E-state index contributed by atoms with van der Waals surface area (Å²) in [7, 11) is 0. The van der Waals surface area contributed by atoms with Crippen molar-refractivity contribution in [2.75, 3.05) is 11.9 Å². The van der Waals surface area contributed by atoms with Crippen molar-refractivity contribution < 1.29 is 9.90 Å². The fourth-order valence-electron chi connectivity index (χ4n) is 3.19. The van der Waals surface area contributed by atoms with E-state index in [1.807, 2.05) is 54.6 Å². The highest BCUT2D eigenvalue weighted by molar-refractivity contribution is 6.21. The van der Waals surface area contributed by atoms with Crippen LogP contribution in [0.25, 0.3) is 10.9 Å². The molecule has 0 spiro atoms. The molecule has 6 heteroatoms. The zero-order valence-electron chi connectivity index (χ0n) is 15.6. The molecule has 4 aromatic rings. The lowest BCUT2D eigenvalue weighted by Crippen LogP contribution is -2.21. The Hall–Kier alpha value is -3.90. The quantitative estimate of drug-likeness (QED) is 0.392. The summed E-state index contributed by atoms with van der Waals surface area (Å²) in [5, 5.41) is 14.2. The minimum Gasteiger partial charge on any atom is -0.494 e. The number of H-pyrrole nitrogens is 1. The third-order valence-electron chi connectivity index (χ3n) is 4.55. The van der Waals surface area contributed by atoms with Crippen LogP contribution in [0.4, 0.5) is 11.4 Å². The highest BCUT2D eigenvalue weighted by Gasteiger charge is 2.18. The van der Waals surface area contributed by atoms with E-state index in [2.05, 4.69) is 10.3 Å². The number of hydrogen-bond donors (Lipinski definition) is 4. The van der Waals surface area contributed by atoms with Crippen LogP contribution in [0.15, 0.2) is 83.9 Å². The van der Waals surface area contributed by atoms with Crippen LogP contribution in [0, 0.1) is 0 Å². The van der Waals surface area contributed by atoms with Gasteiger partial charge in [0.15, 0.2) is 5.88 Å². The van der Waals surface area contributed by atoms with Gasteiger partial charge in [-0.3, -0.25) is 4.79 Å². The summed E-state index contributed by atoms with van der Waals surface area (Å²) in [6.07, 6.45) is 0. The van der Waals surface area contributed by atoms with Gasteiger partial charge < -0.3 is 21.1 Å². The molecule has 4 rings (SSSR count). The average molecular weight is 384 g/mol. The SMILES string of the molecule is NCC(=O)Nc1ccc(N=C(c2ccccc2)c2c(O)[nH]c3ccccc23)cc1. The fraction of sp³-hybridized carbons (Fsp3) is 0.0435. The van der Waals surface area contributed by atoms with Crippen LogP contribution in [-0.2, 0) is 4.79 Å². The topological polar surface area (TPSA) is 104 Å². The highest BCUT2D eigenvalue weighted by Crippen LogP contribution is 2.31. The molecule has 5 N–H and O–H groups in total. The van der Waals surface area contributed by atoms with Gasteiger partial charge in [0.1, 0.15) is 0 Å². The van der Waals surface area contributed by atoms with Gasteiger partial charge in [-0.15, -0.1) is 0 Å². The van der Waals surface area contributed by atoms with Gasteiger partial charge in [-0.1, -0.05) is 48.5 Å². The molecule has 0 saturated heterocycles. The normalized spacial score (nSPS) is 11.6. The molecule has 0 saturated carbocycles. The molecule has 0 bridgehead atoms. The number of para-hydroxylation sites is 1. The van der Waals surface area contributed by atoms with E-state index in [-0.39, 0.29) is 18.3 Å². The summed E-state index contributed by atoms with van der Waals surface area (Å²) < 4.78 is 0. The van der Waals surface area contributed by atoms with Gasteiger partial charge >= 0.3 is 0 Å². The zero-order valence-corrected chi connectivity index (χ0v) is 15.6. The van der Waals surface area contributed by atoms with Crippen LogP contribution in [0.5, 0.6) is 5.88 Å². The van der Waals surface area contributed by atoms with Crippen LogP contribution < -0.4 is 11.1 Å². The first-order chi connectivity index (χ1) is 14.2. The van der Waals surface area contributed by atoms with Gasteiger partial charge in [0.05, 0.1) is 23.5 Å². The number of nitrogens with two attached hydrogens (primary N) is 1. The summed E-state index contributed by atoms with van der Waals surface area (Å²) in [4.78, 5) is 19.3. The van der Waals surface area contributed by atoms with Crippen molar-refractivity contribution in [2.45, 2.75) is 0 Å².